The van der Waals surface area contributed by atoms with E-state index in [2.05, 4.69) is 10.3 Å². The van der Waals surface area contributed by atoms with Crippen LogP contribution >= 0.6 is 0 Å². The summed E-state index contributed by atoms with van der Waals surface area (Å²) in [5.74, 6) is -0.336. The molecule has 6 nitrogen and oxygen atoms in total. The van der Waals surface area contributed by atoms with Gasteiger partial charge in [0.2, 0.25) is 15.9 Å². The molecule has 0 fully saturated rings. The number of hydrogen-bond donors (Lipinski definition) is 1. The van der Waals surface area contributed by atoms with E-state index in [0.29, 0.717) is 18.7 Å². The van der Waals surface area contributed by atoms with E-state index in [0.717, 1.165) is 17.4 Å². The Morgan fingerprint density at radius 2 is 1.92 bits per heavy atom. The van der Waals surface area contributed by atoms with E-state index in [1.54, 1.807) is 37.5 Å². The van der Waals surface area contributed by atoms with Crippen molar-refractivity contribution in [2.24, 2.45) is 0 Å². The smallest absolute Gasteiger partial charge is 0.244 e. The van der Waals surface area contributed by atoms with Gasteiger partial charge in [0.05, 0.1) is 11.9 Å². The molecule has 2 aromatic rings. The highest BCUT2D eigenvalue weighted by molar-refractivity contribution is 7.92. The fourth-order valence-corrected chi connectivity index (χ4v) is 3.77. The monoisotopic (exact) mass is 361 g/mol. The van der Waals surface area contributed by atoms with Crippen molar-refractivity contribution < 1.29 is 13.2 Å². The molecule has 2 rings (SSSR count). The Morgan fingerprint density at radius 3 is 2.44 bits per heavy atom. The van der Waals surface area contributed by atoms with E-state index in [1.807, 2.05) is 25.1 Å². The molecular formula is C18H23N3O3S. The first-order chi connectivity index (χ1) is 11.8. The molecule has 1 amide bonds. The van der Waals surface area contributed by atoms with Gasteiger partial charge in [-0.3, -0.25) is 14.1 Å². The Bertz CT molecular complexity index is 805. The molecule has 0 aliphatic heterocycles. The number of nitrogens with one attached hydrogen (secondary N) is 1. The second-order valence-corrected chi connectivity index (χ2v) is 7.76. The van der Waals surface area contributed by atoms with Crippen molar-refractivity contribution in [1.29, 1.82) is 0 Å². The first kappa shape index (κ1) is 18.9. The third-order valence-electron chi connectivity index (χ3n) is 3.81. The molecule has 1 atom stereocenters. The summed E-state index contributed by atoms with van der Waals surface area (Å²) in [6, 6.07) is 9.91. The van der Waals surface area contributed by atoms with E-state index in [9.17, 15) is 13.2 Å². The van der Waals surface area contributed by atoms with Gasteiger partial charge in [-0.15, -0.1) is 0 Å². The average molecular weight is 361 g/mol. The molecule has 0 bridgehead atoms. The van der Waals surface area contributed by atoms with Gasteiger partial charge >= 0.3 is 0 Å². The van der Waals surface area contributed by atoms with E-state index < -0.39 is 16.1 Å². The quantitative estimate of drug-likeness (QED) is 0.820. The zero-order chi connectivity index (χ0) is 18.4. The first-order valence-corrected chi connectivity index (χ1v) is 9.90. The SMILES string of the molecule is CC[C@H](C(=O)NCc1cccnc1)N(c1ccc(C)cc1)S(C)(=O)=O. The van der Waals surface area contributed by atoms with Gasteiger partial charge < -0.3 is 5.32 Å². The Balaban J connectivity index is 2.23. The van der Waals surface area contributed by atoms with Gasteiger partial charge in [0.15, 0.2) is 0 Å². The minimum atomic E-state index is -3.61. The minimum Gasteiger partial charge on any atom is -0.350 e. The Hall–Kier alpha value is -2.41. The van der Waals surface area contributed by atoms with Gasteiger partial charge in [-0.05, 0) is 37.1 Å². The van der Waals surface area contributed by atoms with Crippen LogP contribution in [0.5, 0.6) is 0 Å². The van der Waals surface area contributed by atoms with Crippen LogP contribution in [0.25, 0.3) is 0 Å². The lowest BCUT2D eigenvalue weighted by Crippen LogP contribution is -2.49. The number of aromatic nitrogens is 1. The van der Waals surface area contributed by atoms with Crippen molar-refractivity contribution in [3.63, 3.8) is 0 Å². The summed E-state index contributed by atoms with van der Waals surface area (Å²) in [4.78, 5) is 16.6. The van der Waals surface area contributed by atoms with Crippen molar-refractivity contribution in [1.82, 2.24) is 10.3 Å². The predicted octanol–water partition coefficient (Wildman–Crippen LogP) is 2.25. The summed E-state index contributed by atoms with van der Waals surface area (Å²) in [5.41, 5.74) is 2.36. The van der Waals surface area contributed by atoms with Crippen LogP contribution in [0.1, 0.15) is 24.5 Å². The molecule has 25 heavy (non-hydrogen) atoms. The van der Waals surface area contributed by atoms with Gasteiger partial charge in [0.1, 0.15) is 6.04 Å². The highest BCUT2D eigenvalue weighted by Gasteiger charge is 2.31. The molecule has 1 heterocycles. The zero-order valence-electron chi connectivity index (χ0n) is 14.6. The van der Waals surface area contributed by atoms with Gasteiger partial charge in [-0.1, -0.05) is 30.7 Å². The number of aryl methyl sites for hydroxylation is 1. The van der Waals surface area contributed by atoms with E-state index in [1.165, 1.54) is 4.31 Å². The van der Waals surface area contributed by atoms with E-state index in [4.69, 9.17) is 0 Å². The molecule has 1 N–H and O–H groups in total. The van der Waals surface area contributed by atoms with Crippen LogP contribution in [0.2, 0.25) is 0 Å². The number of rotatable bonds is 7. The van der Waals surface area contributed by atoms with Crippen molar-refractivity contribution in [2.45, 2.75) is 32.9 Å². The second-order valence-electron chi connectivity index (χ2n) is 5.90. The molecule has 1 aromatic carbocycles. The van der Waals surface area contributed by atoms with Crippen LogP contribution in [0.4, 0.5) is 5.69 Å². The summed E-state index contributed by atoms with van der Waals surface area (Å²) in [6.07, 6.45) is 4.79. The topological polar surface area (TPSA) is 79.4 Å². The number of benzene rings is 1. The van der Waals surface area contributed by atoms with Crippen molar-refractivity contribution >= 4 is 21.6 Å². The number of sulfonamides is 1. The highest BCUT2D eigenvalue weighted by atomic mass is 32.2. The molecule has 0 saturated carbocycles. The maximum absolute atomic E-state index is 12.6. The van der Waals surface area contributed by atoms with Crippen molar-refractivity contribution in [3.8, 4) is 0 Å². The maximum Gasteiger partial charge on any atom is 0.244 e. The lowest BCUT2D eigenvalue weighted by Gasteiger charge is -2.30. The fourth-order valence-electron chi connectivity index (χ4n) is 2.56. The number of carbonyl (C=O) groups is 1. The molecule has 0 radical (unpaired) electrons. The third kappa shape index (κ3) is 5.03. The maximum atomic E-state index is 12.6. The Labute approximate surface area is 148 Å². The van der Waals surface area contributed by atoms with Crippen LogP contribution in [0.3, 0.4) is 0 Å². The lowest BCUT2D eigenvalue weighted by atomic mass is 10.1. The molecule has 0 saturated heterocycles. The van der Waals surface area contributed by atoms with Gasteiger partial charge in [-0.25, -0.2) is 8.42 Å². The van der Waals surface area contributed by atoms with Crippen molar-refractivity contribution in [3.05, 3.63) is 59.9 Å². The summed E-state index contributed by atoms with van der Waals surface area (Å²) in [6.45, 7) is 4.02. The van der Waals surface area contributed by atoms with Crippen LogP contribution in [0.15, 0.2) is 48.8 Å². The standard InChI is InChI=1S/C18H23N3O3S/c1-4-17(18(22)20-13-15-6-5-11-19-12-15)21(25(3,23)24)16-9-7-14(2)8-10-16/h5-12,17H,4,13H2,1-3H3,(H,20,22)/t17-/m1/s1. The lowest BCUT2D eigenvalue weighted by molar-refractivity contribution is -0.122. The predicted molar refractivity (Wildman–Crippen MR) is 98.7 cm³/mol. The third-order valence-corrected chi connectivity index (χ3v) is 4.99. The number of carbonyl (C=O) groups excluding carboxylic acids is 1. The molecule has 0 aliphatic rings. The van der Waals surface area contributed by atoms with E-state index >= 15 is 0 Å². The van der Waals surface area contributed by atoms with Gasteiger partial charge in [0, 0.05) is 18.9 Å². The zero-order valence-corrected chi connectivity index (χ0v) is 15.5. The molecular weight excluding hydrogens is 338 g/mol. The Kier molecular flexibility index (Phi) is 6.14. The average Bonchev–Trinajstić information content (AvgIpc) is 2.58. The van der Waals surface area contributed by atoms with Crippen molar-refractivity contribution in [2.75, 3.05) is 10.6 Å². The van der Waals surface area contributed by atoms with Gasteiger partial charge in [-0.2, -0.15) is 0 Å². The number of amides is 1. The van der Waals surface area contributed by atoms with Gasteiger partial charge in [0.25, 0.3) is 0 Å². The molecule has 0 aliphatic carbocycles. The van der Waals surface area contributed by atoms with Crippen LogP contribution in [-0.2, 0) is 21.4 Å². The highest BCUT2D eigenvalue weighted by Crippen LogP contribution is 2.23. The Morgan fingerprint density at radius 1 is 1.24 bits per heavy atom. The fraction of sp³-hybridized carbons (Fsp3) is 0.333. The van der Waals surface area contributed by atoms with Crippen LogP contribution in [0, 0.1) is 6.92 Å². The summed E-state index contributed by atoms with van der Waals surface area (Å²) in [7, 11) is -3.61. The molecule has 0 unspecified atom stereocenters. The first-order valence-electron chi connectivity index (χ1n) is 8.05. The molecule has 0 spiro atoms. The van der Waals surface area contributed by atoms with E-state index in [-0.39, 0.29) is 5.91 Å². The minimum absolute atomic E-state index is 0.300. The summed E-state index contributed by atoms with van der Waals surface area (Å²) < 4.78 is 25.8. The number of anilines is 1. The number of nitrogens with zero attached hydrogens (tertiary/aromatic N) is 2. The number of pyridine rings is 1. The molecule has 1 aromatic heterocycles. The van der Waals surface area contributed by atoms with Crippen LogP contribution < -0.4 is 9.62 Å². The normalized spacial score (nSPS) is 12.4. The molecule has 134 valence electrons. The van der Waals surface area contributed by atoms with Crippen LogP contribution in [-0.4, -0.2) is 31.6 Å². The molecule has 7 heteroatoms. The largest absolute Gasteiger partial charge is 0.350 e. The second kappa shape index (κ2) is 8.11. The number of hydrogen-bond acceptors (Lipinski definition) is 4. The summed E-state index contributed by atoms with van der Waals surface area (Å²) in [5, 5.41) is 2.80. The summed E-state index contributed by atoms with van der Waals surface area (Å²) >= 11 is 0.